The number of esters is 4. The van der Waals surface area contributed by atoms with Crippen LogP contribution in [-0.4, -0.2) is 96.7 Å². The second-order valence-corrected chi connectivity index (χ2v) is 27.4. The molecule has 0 fully saturated rings. The fraction of sp³-hybridized carbons (Fsp3) is 0.714. The first kappa shape index (κ1) is 91.7. The van der Waals surface area contributed by atoms with Gasteiger partial charge in [0.15, 0.2) is 12.2 Å². The second kappa shape index (κ2) is 69.2. The molecule has 17 nitrogen and oxygen atoms in total. The number of aliphatic hydroxyl groups is 1. The van der Waals surface area contributed by atoms with E-state index in [0.29, 0.717) is 32.1 Å². The van der Waals surface area contributed by atoms with Crippen LogP contribution in [0.3, 0.4) is 0 Å². The zero-order valence-corrected chi connectivity index (χ0v) is 61.8. The third-order valence-corrected chi connectivity index (χ3v) is 17.1. The van der Waals surface area contributed by atoms with Crippen molar-refractivity contribution in [3.63, 3.8) is 0 Å². The molecule has 0 rings (SSSR count). The van der Waals surface area contributed by atoms with Crippen molar-refractivity contribution in [2.45, 2.75) is 316 Å². The molecular formula is C77H132O17P2. The van der Waals surface area contributed by atoms with E-state index in [1.54, 1.807) is 0 Å². The molecule has 0 aliphatic rings. The number of phosphoric ester groups is 2. The Morgan fingerprint density at radius 3 is 0.938 bits per heavy atom. The van der Waals surface area contributed by atoms with Crippen LogP contribution in [0.5, 0.6) is 0 Å². The minimum atomic E-state index is -4.99. The molecule has 552 valence electrons. The highest BCUT2D eigenvalue weighted by atomic mass is 31.2. The maximum Gasteiger partial charge on any atom is 0.472 e. The minimum Gasteiger partial charge on any atom is -0.462 e. The highest BCUT2D eigenvalue weighted by molar-refractivity contribution is 7.47. The third kappa shape index (κ3) is 68.3. The van der Waals surface area contributed by atoms with Crippen molar-refractivity contribution in [2.75, 3.05) is 39.6 Å². The zero-order valence-electron chi connectivity index (χ0n) is 60.0. The predicted octanol–water partition coefficient (Wildman–Crippen LogP) is 21.0. The molecule has 0 radical (unpaired) electrons. The highest BCUT2D eigenvalue weighted by Gasteiger charge is 2.30. The van der Waals surface area contributed by atoms with E-state index in [1.165, 1.54) is 57.8 Å². The lowest BCUT2D eigenvalue weighted by Crippen LogP contribution is -2.30. The number of unbranched alkanes of at least 4 members (excludes halogenated alkanes) is 25. The Hall–Kier alpha value is -4.28. The summed E-state index contributed by atoms with van der Waals surface area (Å²) in [5.41, 5.74) is 0. The normalized spacial score (nSPS) is 14.6. The summed E-state index contributed by atoms with van der Waals surface area (Å²) in [6.07, 6.45) is 72.4. The van der Waals surface area contributed by atoms with Crippen LogP contribution in [0.25, 0.3) is 0 Å². The molecule has 0 saturated carbocycles. The maximum absolute atomic E-state index is 13.1. The highest BCUT2D eigenvalue weighted by Crippen LogP contribution is 2.45. The van der Waals surface area contributed by atoms with Crippen LogP contribution in [0.2, 0.25) is 0 Å². The molecule has 19 heteroatoms. The lowest BCUT2D eigenvalue weighted by Gasteiger charge is -2.21. The number of rotatable bonds is 69. The van der Waals surface area contributed by atoms with Gasteiger partial charge in [-0.15, -0.1) is 0 Å². The summed E-state index contributed by atoms with van der Waals surface area (Å²) in [4.78, 5) is 72.7. The molecule has 0 aromatic carbocycles. The van der Waals surface area contributed by atoms with E-state index in [4.69, 9.17) is 37.0 Å². The SMILES string of the molecule is CC/C=C\C/C=C\C/C=C\C/C=C\C/C=C\CCCC(=O)OCC(COP(=O)(O)OCC(O)COP(=O)(O)OCC(COC(=O)CCCCCCC/C=C\CCCCCC)OC(=O)CCCCCCC/C=C\CCCC)OC(=O)CCCCCCC/C=C\C/C=C\CCCCC. The second-order valence-electron chi connectivity index (χ2n) is 24.5. The molecule has 5 unspecified atom stereocenters. The van der Waals surface area contributed by atoms with E-state index in [-0.39, 0.29) is 25.7 Å². The van der Waals surface area contributed by atoms with Gasteiger partial charge in [0.2, 0.25) is 0 Å². The average molecular weight is 1390 g/mol. The number of phosphoric acid groups is 2. The van der Waals surface area contributed by atoms with E-state index in [2.05, 4.69) is 125 Å². The van der Waals surface area contributed by atoms with Gasteiger partial charge >= 0.3 is 39.5 Å². The molecule has 0 heterocycles. The lowest BCUT2D eigenvalue weighted by atomic mass is 10.1. The molecule has 3 N–H and O–H groups in total. The molecule has 0 aromatic heterocycles. The summed E-state index contributed by atoms with van der Waals surface area (Å²) in [6, 6.07) is 0. The van der Waals surface area contributed by atoms with Gasteiger partial charge in [0.25, 0.3) is 0 Å². The fourth-order valence-corrected chi connectivity index (χ4v) is 11.1. The Labute approximate surface area is 581 Å². The van der Waals surface area contributed by atoms with Gasteiger partial charge in [-0.05, 0) is 141 Å². The van der Waals surface area contributed by atoms with Crippen LogP contribution >= 0.6 is 15.6 Å². The number of hydrogen-bond acceptors (Lipinski definition) is 15. The minimum absolute atomic E-state index is 0.0651. The summed E-state index contributed by atoms with van der Waals surface area (Å²) in [6.45, 7) is 4.57. The van der Waals surface area contributed by atoms with Gasteiger partial charge in [-0.2, -0.15) is 0 Å². The van der Waals surface area contributed by atoms with Gasteiger partial charge in [-0.3, -0.25) is 37.3 Å². The van der Waals surface area contributed by atoms with Gasteiger partial charge < -0.3 is 33.8 Å². The van der Waals surface area contributed by atoms with Gasteiger partial charge in [0, 0.05) is 25.7 Å². The predicted molar refractivity (Wildman–Crippen MR) is 390 cm³/mol. The molecule has 96 heavy (non-hydrogen) atoms. The molecule has 0 aliphatic carbocycles. The van der Waals surface area contributed by atoms with Crippen LogP contribution in [0.15, 0.2) is 109 Å². The average Bonchev–Trinajstić information content (AvgIpc) is 2.18. The first-order chi connectivity index (χ1) is 46.7. The van der Waals surface area contributed by atoms with Crippen molar-refractivity contribution >= 4 is 39.5 Å². The number of aliphatic hydroxyl groups excluding tert-OH is 1. The quantitative estimate of drug-likeness (QED) is 0.0169. The van der Waals surface area contributed by atoms with Crippen molar-refractivity contribution in [2.24, 2.45) is 0 Å². The Bertz CT molecular complexity index is 2250. The molecule has 5 atom stereocenters. The standard InChI is InChI=1S/C77H132O17P2/c1-5-9-13-17-21-25-29-32-34-35-37-39-43-46-50-54-58-62-75(80)88-68-73(94-77(82)64-60-56-52-48-44-40-36-33-30-26-22-18-14-10-6-2)70-92-96(85,86)90-66-71(78)65-89-95(83,84)91-69-72(93-76(81)63-59-55-51-47-41-28-24-20-16-12-8-4)67-87-74(79)61-57-53-49-45-42-38-31-27-23-19-15-11-7-3/h9,13,20-22,24-27,31-34,36-37,39,46,50,71-73,78H,5-8,10-12,14-19,23,28-30,35,38,40-45,47-49,51-70H2,1-4H3,(H,83,84)(H,85,86)/b13-9-,24-20-,25-21-,26-22-,31-27-,34-32-,36-33-,39-37-,50-46-. The van der Waals surface area contributed by atoms with Crippen LogP contribution in [0.4, 0.5) is 0 Å². The van der Waals surface area contributed by atoms with E-state index in [0.717, 1.165) is 154 Å². The zero-order chi connectivity index (χ0) is 70.4. The number of hydrogen-bond donors (Lipinski definition) is 3. The van der Waals surface area contributed by atoms with Crippen molar-refractivity contribution in [1.82, 2.24) is 0 Å². The molecule has 0 amide bonds. The summed E-state index contributed by atoms with van der Waals surface area (Å²) < 4.78 is 68.3. The van der Waals surface area contributed by atoms with Crippen LogP contribution in [0.1, 0.15) is 297 Å². The number of allylic oxidation sites excluding steroid dienone is 18. The topological polar surface area (TPSA) is 237 Å². The smallest absolute Gasteiger partial charge is 0.462 e. The first-order valence-corrected chi connectivity index (χ1v) is 40.1. The lowest BCUT2D eigenvalue weighted by molar-refractivity contribution is -0.161. The van der Waals surface area contributed by atoms with Gasteiger partial charge in [0.1, 0.15) is 19.3 Å². The summed E-state index contributed by atoms with van der Waals surface area (Å²) in [7, 11) is -9.96. The maximum atomic E-state index is 13.1. The summed E-state index contributed by atoms with van der Waals surface area (Å²) in [5.74, 6) is -2.27. The number of ether oxygens (including phenoxy) is 4. The Morgan fingerprint density at radius 1 is 0.302 bits per heavy atom. The Morgan fingerprint density at radius 2 is 0.562 bits per heavy atom. The van der Waals surface area contributed by atoms with Crippen LogP contribution < -0.4 is 0 Å². The largest absolute Gasteiger partial charge is 0.472 e. The van der Waals surface area contributed by atoms with Crippen LogP contribution in [-0.2, 0) is 65.4 Å². The van der Waals surface area contributed by atoms with E-state index >= 15 is 0 Å². The van der Waals surface area contributed by atoms with Gasteiger partial charge in [-0.25, -0.2) is 9.13 Å². The van der Waals surface area contributed by atoms with Crippen molar-refractivity contribution in [3.05, 3.63) is 109 Å². The monoisotopic (exact) mass is 1390 g/mol. The Kier molecular flexibility index (Phi) is 66.1. The molecule has 0 saturated heterocycles. The molecule has 0 bridgehead atoms. The summed E-state index contributed by atoms with van der Waals surface area (Å²) >= 11 is 0. The molecular weight excluding hydrogens is 1260 g/mol. The fourth-order valence-electron chi connectivity index (χ4n) is 9.50. The van der Waals surface area contributed by atoms with E-state index in [1.807, 2.05) is 12.2 Å². The van der Waals surface area contributed by atoms with Crippen molar-refractivity contribution < 1.29 is 80.2 Å². The Balaban J connectivity index is 5.40. The first-order valence-electron chi connectivity index (χ1n) is 37.1. The van der Waals surface area contributed by atoms with Crippen molar-refractivity contribution in [1.29, 1.82) is 0 Å². The number of carbonyl (C=O) groups is 4. The van der Waals surface area contributed by atoms with Gasteiger partial charge in [0.05, 0.1) is 26.4 Å². The number of carbonyl (C=O) groups excluding carboxylic acids is 4. The molecule has 0 aliphatic heterocycles. The molecule has 0 aromatic rings. The molecule has 0 spiro atoms. The van der Waals surface area contributed by atoms with E-state index in [9.17, 15) is 43.2 Å². The summed E-state index contributed by atoms with van der Waals surface area (Å²) in [5, 5.41) is 10.6. The van der Waals surface area contributed by atoms with E-state index < -0.39 is 97.5 Å². The third-order valence-electron chi connectivity index (χ3n) is 15.2. The van der Waals surface area contributed by atoms with Gasteiger partial charge in [-0.1, -0.05) is 240 Å². The van der Waals surface area contributed by atoms with Crippen molar-refractivity contribution in [3.8, 4) is 0 Å². The van der Waals surface area contributed by atoms with Crippen LogP contribution in [0, 0.1) is 0 Å².